The van der Waals surface area contributed by atoms with Crippen LogP contribution in [0, 0.1) is 11.8 Å². The molecule has 3 atom stereocenters. The number of allylic oxidation sites excluding steroid dienone is 2. The normalized spacial score (nSPS) is 19.8. The van der Waals surface area contributed by atoms with Crippen LogP contribution < -0.4 is 0 Å². The van der Waals surface area contributed by atoms with Crippen molar-refractivity contribution in [3.63, 3.8) is 0 Å². The van der Waals surface area contributed by atoms with E-state index in [2.05, 4.69) is 62.1 Å². The number of rotatable bonds is 12. The van der Waals surface area contributed by atoms with Crippen molar-refractivity contribution in [3.05, 3.63) is 47.5 Å². The van der Waals surface area contributed by atoms with E-state index in [1.54, 1.807) is 0 Å². The maximum Gasteiger partial charge on any atom is 0.0586 e. The van der Waals surface area contributed by atoms with E-state index in [1.807, 2.05) is 0 Å². The summed E-state index contributed by atoms with van der Waals surface area (Å²) in [6.45, 7) is 9.42. The van der Waals surface area contributed by atoms with Crippen LogP contribution in [0.5, 0.6) is 0 Å². The van der Waals surface area contributed by atoms with E-state index in [4.69, 9.17) is 0 Å². The molecule has 1 aromatic carbocycles. The van der Waals surface area contributed by atoms with E-state index in [0.717, 1.165) is 25.4 Å². The molecular formula is C25H41NO. The first kappa shape index (κ1) is 22.2. The SMILES string of the molecule is CC(C)=CCC[C@@H](C)CCCC(Cc1ccccc1)CN1CCCC1CO. The zero-order valence-corrected chi connectivity index (χ0v) is 17.9. The number of hydrogen-bond donors (Lipinski definition) is 1. The van der Waals surface area contributed by atoms with Crippen molar-refractivity contribution in [1.29, 1.82) is 0 Å². The minimum absolute atomic E-state index is 0.319. The summed E-state index contributed by atoms with van der Waals surface area (Å²) in [5.74, 6) is 1.51. The predicted octanol–water partition coefficient (Wildman–Crippen LogP) is 5.85. The van der Waals surface area contributed by atoms with Crippen molar-refractivity contribution >= 4 is 0 Å². The molecule has 0 spiro atoms. The first-order chi connectivity index (χ1) is 13.1. The summed E-state index contributed by atoms with van der Waals surface area (Å²) in [6, 6.07) is 11.3. The quantitative estimate of drug-likeness (QED) is 0.466. The van der Waals surface area contributed by atoms with Gasteiger partial charge in [-0.2, -0.15) is 0 Å². The van der Waals surface area contributed by atoms with Crippen LogP contribution in [0.1, 0.15) is 71.3 Å². The van der Waals surface area contributed by atoms with Crippen LogP contribution in [-0.4, -0.2) is 35.7 Å². The zero-order chi connectivity index (χ0) is 19.5. The van der Waals surface area contributed by atoms with Crippen molar-refractivity contribution in [1.82, 2.24) is 4.90 Å². The van der Waals surface area contributed by atoms with Gasteiger partial charge in [0.25, 0.3) is 0 Å². The lowest BCUT2D eigenvalue weighted by atomic mass is 9.90. The Morgan fingerprint density at radius 1 is 1.19 bits per heavy atom. The lowest BCUT2D eigenvalue weighted by Crippen LogP contribution is -2.36. The molecule has 1 saturated heterocycles. The molecule has 0 bridgehead atoms. The summed E-state index contributed by atoms with van der Waals surface area (Å²) in [4.78, 5) is 2.55. The first-order valence-corrected chi connectivity index (χ1v) is 11.1. The minimum atomic E-state index is 0.319. The highest BCUT2D eigenvalue weighted by Crippen LogP contribution is 2.24. The Balaban J connectivity index is 1.83. The molecule has 1 heterocycles. The lowest BCUT2D eigenvalue weighted by molar-refractivity contribution is 0.138. The van der Waals surface area contributed by atoms with Gasteiger partial charge in [-0.1, -0.05) is 61.7 Å². The van der Waals surface area contributed by atoms with E-state index >= 15 is 0 Å². The summed E-state index contributed by atoms with van der Waals surface area (Å²) < 4.78 is 0. The molecule has 2 heteroatoms. The third kappa shape index (κ3) is 8.62. The molecule has 2 nitrogen and oxygen atoms in total. The Morgan fingerprint density at radius 2 is 1.96 bits per heavy atom. The van der Waals surface area contributed by atoms with Crippen molar-refractivity contribution in [2.75, 3.05) is 19.7 Å². The molecule has 1 aliphatic heterocycles. The van der Waals surface area contributed by atoms with Gasteiger partial charge in [0.05, 0.1) is 6.61 Å². The first-order valence-electron chi connectivity index (χ1n) is 11.1. The number of aliphatic hydroxyl groups excluding tert-OH is 1. The molecule has 1 N–H and O–H groups in total. The molecule has 2 unspecified atom stereocenters. The zero-order valence-electron chi connectivity index (χ0n) is 17.9. The van der Waals surface area contributed by atoms with Gasteiger partial charge in [0.2, 0.25) is 0 Å². The summed E-state index contributed by atoms with van der Waals surface area (Å²) in [5.41, 5.74) is 2.90. The molecule has 0 saturated carbocycles. The van der Waals surface area contributed by atoms with E-state index in [0.29, 0.717) is 18.6 Å². The summed E-state index contributed by atoms with van der Waals surface area (Å²) in [5, 5.41) is 9.66. The van der Waals surface area contributed by atoms with Crippen LogP contribution in [0.15, 0.2) is 42.0 Å². The van der Waals surface area contributed by atoms with Crippen LogP contribution in [0.25, 0.3) is 0 Å². The molecule has 0 amide bonds. The van der Waals surface area contributed by atoms with E-state index in [-0.39, 0.29) is 0 Å². The van der Waals surface area contributed by atoms with Gasteiger partial charge >= 0.3 is 0 Å². The molecule has 0 aromatic heterocycles. The van der Waals surface area contributed by atoms with Gasteiger partial charge in [0.1, 0.15) is 0 Å². The smallest absolute Gasteiger partial charge is 0.0586 e. The number of benzene rings is 1. The summed E-state index contributed by atoms with van der Waals surface area (Å²) in [6.07, 6.45) is 12.4. The standard InChI is InChI=1S/C25H41NO/c1-21(2)10-7-11-22(3)12-8-15-24(18-23-13-5-4-6-14-23)19-26-17-9-16-25(26)20-27/h4-6,10,13-14,22,24-25,27H,7-9,11-12,15-20H2,1-3H3/t22-,24?,25?/m1/s1. The van der Waals surface area contributed by atoms with Crippen molar-refractivity contribution in [2.45, 2.75) is 78.2 Å². The number of aliphatic hydroxyl groups is 1. The monoisotopic (exact) mass is 371 g/mol. The van der Waals surface area contributed by atoms with Gasteiger partial charge in [-0.15, -0.1) is 0 Å². The largest absolute Gasteiger partial charge is 0.395 e. The van der Waals surface area contributed by atoms with Crippen LogP contribution in [-0.2, 0) is 6.42 Å². The third-order valence-corrected chi connectivity index (χ3v) is 6.09. The van der Waals surface area contributed by atoms with Crippen molar-refractivity contribution in [2.24, 2.45) is 11.8 Å². The highest BCUT2D eigenvalue weighted by atomic mass is 16.3. The molecule has 0 aliphatic carbocycles. The number of likely N-dealkylation sites (tertiary alicyclic amines) is 1. The van der Waals surface area contributed by atoms with E-state index < -0.39 is 0 Å². The van der Waals surface area contributed by atoms with E-state index in [9.17, 15) is 5.11 Å². The predicted molar refractivity (Wildman–Crippen MR) is 117 cm³/mol. The second-order valence-corrected chi connectivity index (χ2v) is 8.92. The van der Waals surface area contributed by atoms with Crippen molar-refractivity contribution < 1.29 is 5.11 Å². The Bertz CT molecular complexity index is 535. The molecule has 1 aromatic rings. The third-order valence-electron chi connectivity index (χ3n) is 6.09. The van der Waals surface area contributed by atoms with Gasteiger partial charge < -0.3 is 5.11 Å². The van der Waals surface area contributed by atoms with Gasteiger partial charge in [-0.25, -0.2) is 0 Å². The topological polar surface area (TPSA) is 23.5 Å². The van der Waals surface area contributed by atoms with Crippen LogP contribution >= 0.6 is 0 Å². The Kier molecular flexibility index (Phi) is 10.2. The average molecular weight is 372 g/mol. The highest BCUT2D eigenvalue weighted by molar-refractivity contribution is 5.15. The number of hydrogen-bond acceptors (Lipinski definition) is 2. The number of nitrogens with zero attached hydrogens (tertiary/aromatic N) is 1. The molecule has 1 fully saturated rings. The molecule has 2 rings (SSSR count). The lowest BCUT2D eigenvalue weighted by Gasteiger charge is -2.28. The Morgan fingerprint density at radius 3 is 2.67 bits per heavy atom. The van der Waals surface area contributed by atoms with Gasteiger partial charge in [0.15, 0.2) is 0 Å². The molecular weight excluding hydrogens is 330 g/mol. The van der Waals surface area contributed by atoms with Crippen molar-refractivity contribution in [3.8, 4) is 0 Å². The minimum Gasteiger partial charge on any atom is -0.395 e. The summed E-state index contributed by atoms with van der Waals surface area (Å²) >= 11 is 0. The fourth-order valence-electron chi connectivity index (χ4n) is 4.44. The highest BCUT2D eigenvalue weighted by Gasteiger charge is 2.26. The Hall–Kier alpha value is -1.12. The molecule has 0 radical (unpaired) electrons. The van der Waals surface area contributed by atoms with Crippen LogP contribution in [0.3, 0.4) is 0 Å². The second-order valence-electron chi connectivity index (χ2n) is 8.92. The molecule has 152 valence electrons. The average Bonchev–Trinajstić information content (AvgIpc) is 3.09. The van der Waals surface area contributed by atoms with Gasteiger partial charge in [-0.05, 0) is 76.3 Å². The fourth-order valence-corrected chi connectivity index (χ4v) is 4.44. The maximum atomic E-state index is 9.66. The maximum absolute atomic E-state index is 9.66. The van der Waals surface area contributed by atoms with Gasteiger partial charge in [0, 0.05) is 12.6 Å². The second kappa shape index (κ2) is 12.4. The summed E-state index contributed by atoms with van der Waals surface area (Å²) in [7, 11) is 0. The van der Waals surface area contributed by atoms with Crippen LogP contribution in [0.2, 0.25) is 0 Å². The van der Waals surface area contributed by atoms with E-state index in [1.165, 1.54) is 56.1 Å². The van der Waals surface area contributed by atoms with Gasteiger partial charge in [-0.3, -0.25) is 4.90 Å². The fraction of sp³-hybridized carbons (Fsp3) is 0.680. The molecule has 1 aliphatic rings. The van der Waals surface area contributed by atoms with Crippen LogP contribution in [0.4, 0.5) is 0 Å². The molecule has 27 heavy (non-hydrogen) atoms. The Labute approximate surface area is 167 Å².